The van der Waals surface area contributed by atoms with Gasteiger partial charge in [-0.1, -0.05) is 0 Å². The monoisotopic (exact) mass is 200 g/mol. The molecule has 0 aromatic rings. The van der Waals surface area contributed by atoms with Crippen LogP contribution in [0, 0.1) is 5.41 Å². The van der Waals surface area contributed by atoms with Crippen molar-refractivity contribution >= 4 is 29.1 Å². The van der Waals surface area contributed by atoms with Crippen LogP contribution in [0.25, 0.3) is 0 Å². The van der Waals surface area contributed by atoms with Crippen molar-refractivity contribution in [1.29, 1.82) is 0 Å². The molecular formula is C8H12N2O2S. The molecule has 0 aromatic heterocycles. The molecule has 0 unspecified atom stereocenters. The highest BCUT2D eigenvalue weighted by molar-refractivity contribution is 7.80. The molecule has 0 radical (unpaired) electrons. The van der Waals surface area contributed by atoms with Crippen molar-refractivity contribution in [2.24, 2.45) is 5.41 Å². The Morgan fingerprint density at radius 1 is 1.08 bits per heavy atom. The molecule has 5 heteroatoms. The quantitative estimate of drug-likeness (QED) is 0.415. The summed E-state index contributed by atoms with van der Waals surface area (Å²) in [6.07, 6.45) is 0. The summed E-state index contributed by atoms with van der Waals surface area (Å²) in [4.78, 5) is 25.9. The van der Waals surface area contributed by atoms with E-state index in [0.717, 1.165) is 0 Å². The molecular weight excluding hydrogens is 188 g/mol. The van der Waals surface area contributed by atoms with Gasteiger partial charge in [0, 0.05) is 14.1 Å². The first-order valence-electron chi connectivity index (χ1n) is 3.90. The number of thiocarbonyl (C=S) groups is 1. The van der Waals surface area contributed by atoms with E-state index in [4.69, 9.17) is 12.2 Å². The van der Waals surface area contributed by atoms with Crippen molar-refractivity contribution < 1.29 is 9.59 Å². The van der Waals surface area contributed by atoms with Crippen LogP contribution in [0.5, 0.6) is 0 Å². The minimum absolute atomic E-state index is 0.249. The van der Waals surface area contributed by atoms with Gasteiger partial charge in [0.2, 0.25) is 11.8 Å². The van der Waals surface area contributed by atoms with E-state index in [9.17, 15) is 9.59 Å². The summed E-state index contributed by atoms with van der Waals surface area (Å²) in [5.41, 5.74) is -0.994. The van der Waals surface area contributed by atoms with Gasteiger partial charge in [-0.3, -0.25) is 19.4 Å². The maximum atomic E-state index is 11.6. The van der Waals surface area contributed by atoms with Crippen LogP contribution in [0.3, 0.4) is 0 Å². The highest BCUT2D eigenvalue weighted by atomic mass is 32.1. The molecule has 0 atom stereocenters. The lowest BCUT2D eigenvalue weighted by molar-refractivity contribution is -0.152. The van der Waals surface area contributed by atoms with Crippen LogP contribution >= 0.6 is 12.2 Å². The van der Waals surface area contributed by atoms with E-state index >= 15 is 0 Å². The fourth-order valence-electron chi connectivity index (χ4n) is 1.33. The Balaban J connectivity index is 3.15. The summed E-state index contributed by atoms with van der Waals surface area (Å²) in [7, 11) is 3.16. The summed E-state index contributed by atoms with van der Waals surface area (Å²) in [5, 5.41) is 0.259. The summed E-state index contributed by atoms with van der Waals surface area (Å²) in [6.45, 7) is 3.21. The highest BCUT2D eigenvalue weighted by Crippen LogP contribution is 2.26. The molecule has 1 heterocycles. The van der Waals surface area contributed by atoms with E-state index < -0.39 is 5.41 Å². The van der Waals surface area contributed by atoms with Gasteiger partial charge in [0.25, 0.3) is 0 Å². The van der Waals surface area contributed by atoms with Gasteiger partial charge in [0.05, 0.1) is 0 Å². The molecule has 1 aliphatic heterocycles. The summed E-state index contributed by atoms with van der Waals surface area (Å²) in [6, 6.07) is 0. The molecule has 0 bridgehead atoms. The van der Waals surface area contributed by atoms with Crippen LogP contribution < -0.4 is 0 Å². The highest BCUT2D eigenvalue weighted by Gasteiger charge is 2.46. The molecule has 1 aliphatic rings. The Morgan fingerprint density at radius 3 is 1.69 bits per heavy atom. The molecule has 13 heavy (non-hydrogen) atoms. The van der Waals surface area contributed by atoms with Gasteiger partial charge >= 0.3 is 0 Å². The topological polar surface area (TPSA) is 40.6 Å². The summed E-state index contributed by atoms with van der Waals surface area (Å²) < 4.78 is 0. The minimum Gasteiger partial charge on any atom is -0.291 e. The number of rotatable bonds is 0. The molecule has 72 valence electrons. The predicted octanol–water partition coefficient (Wildman–Crippen LogP) is 0.228. The first-order valence-corrected chi connectivity index (χ1v) is 4.31. The lowest BCUT2D eigenvalue weighted by Crippen LogP contribution is -2.60. The Labute approximate surface area is 82.5 Å². The Hall–Kier alpha value is -0.970. The molecule has 4 nitrogen and oxygen atoms in total. The van der Waals surface area contributed by atoms with E-state index in [-0.39, 0.29) is 16.9 Å². The number of nitrogens with zero attached hydrogens (tertiary/aromatic N) is 2. The van der Waals surface area contributed by atoms with Crippen molar-refractivity contribution in [3.8, 4) is 0 Å². The maximum Gasteiger partial charge on any atom is 0.243 e. The van der Waals surface area contributed by atoms with Crippen molar-refractivity contribution in [2.45, 2.75) is 13.8 Å². The Bertz CT molecular complexity index is 273. The average Bonchev–Trinajstić information content (AvgIpc) is 2.09. The smallest absolute Gasteiger partial charge is 0.243 e. The van der Waals surface area contributed by atoms with Crippen LogP contribution in [0.15, 0.2) is 0 Å². The molecule has 1 fully saturated rings. The van der Waals surface area contributed by atoms with E-state index in [0.29, 0.717) is 0 Å². The largest absolute Gasteiger partial charge is 0.291 e. The second-order valence-corrected chi connectivity index (χ2v) is 4.00. The van der Waals surface area contributed by atoms with Crippen molar-refractivity contribution in [3.05, 3.63) is 0 Å². The van der Waals surface area contributed by atoms with Gasteiger partial charge in [0.1, 0.15) is 5.41 Å². The zero-order valence-corrected chi connectivity index (χ0v) is 8.94. The average molecular weight is 200 g/mol. The molecule has 1 saturated heterocycles. The second kappa shape index (κ2) is 2.77. The van der Waals surface area contributed by atoms with E-state index in [1.807, 2.05) is 0 Å². The number of amides is 2. The minimum atomic E-state index is -0.994. The van der Waals surface area contributed by atoms with E-state index in [2.05, 4.69) is 0 Å². The Kier molecular flexibility index (Phi) is 2.15. The van der Waals surface area contributed by atoms with Gasteiger partial charge in [-0.2, -0.15) is 0 Å². The van der Waals surface area contributed by atoms with Crippen molar-refractivity contribution in [2.75, 3.05) is 14.1 Å². The second-order valence-electron chi connectivity index (χ2n) is 3.64. The van der Waals surface area contributed by atoms with Crippen LogP contribution in [0.4, 0.5) is 0 Å². The normalized spacial score (nSPS) is 22.6. The number of carbonyl (C=O) groups is 2. The van der Waals surface area contributed by atoms with Crippen LogP contribution in [-0.4, -0.2) is 40.8 Å². The third-order valence-electron chi connectivity index (χ3n) is 2.25. The zero-order valence-electron chi connectivity index (χ0n) is 8.12. The van der Waals surface area contributed by atoms with E-state index in [1.54, 1.807) is 27.9 Å². The Morgan fingerprint density at radius 2 is 1.38 bits per heavy atom. The van der Waals surface area contributed by atoms with Crippen LogP contribution in [0.2, 0.25) is 0 Å². The molecule has 0 N–H and O–H groups in total. The van der Waals surface area contributed by atoms with Gasteiger partial charge < -0.3 is 0 Å². The fraction of sp³-hybridized carbons (Fsp3) is 0.625. The molecule has 0 spiro atoms. The third kappa shape index (κ3) is 1.23. The number of carbonyl (C=O) groups excluding carboxylic acids is 2. The molecule has 1 rings (SSSR count). The zero-order chi connectivity index (χ0) is 10.4. The standard InChI is InChI=1S/C8H12N2O2S/c1-8(2)5(11)9(3)7(13)10(4)6(8)12/h1-4H3. The molecule has 0 saturated carbocycles. The summed E-state index contributed by atoms with van der Waals surface area (Å²) >= 11 is 4.92. The molecule has 2 amide bonds. The van der Waals surface area contributed by atoms with Crippen molar-refractivity contribution in [3.63, 3.8) is 0 Å². The lowest BCUT2D eigenvalue weighted by atomic mass is 9.88. The predicted molar refractivity (Wildman–Crippen MR) is 51.9 cm³/mol. The van der Waals surface area contributed by atoms with Gasteiger partial charge in [-0.05, 0) is 26.1 Å². The first kappa shape index (κ1) is 10.1. The summed E-state index contributed by atoms with van der Waals surface area (Å²) in [5.74, 6) is -0.499. The molecule has 0 aromatic carbocycles. The number of hydrogen-bond donors (Lipinski definition) is 0. The SMILES string of the molecule is CN1C(=O)C(C)(C)C(=O)N(C)C1=S. The van der Waals surface area contributed by atoms with Crippen molar-refractivity contribution in [1.82, 2.24) is 9.80 Å². The number of hydrogen-bond acceptors (Lipinski definition) is 3. The lowest BCUT2D eigenvalue weighted by Gasteiger charge is -2.39. The van der Waals surface area contributed by atoms with Crippen LogP contribution in [-0.2, 0) is 9.59 Å². The molecule has 0 aliphatic carbocycles. The van der Waals surface area contributed by atoms with Crippen LogP contribution in [0.1, 0.15) is 13.8 Å². The van der Waals surface area contributed by atoms with Gasteiger partial charge in [-0.15, -0.1) is 0 Å². The van der Waals surface area contributed by atoms with Gasteiger partial charge in [0.15, 0.2) is 5.11 Å². The fourth-order valence-corrected chi connectivity index (χ4v) is 1.49. The van der Waals surface area contributed by atoms with Gasteiger partial charge in [-0.25, -0.2) is 0 Å². The third-order valence-corrected chi connectivity index (χ3v) is 2.80. The van der Waals surface area contributed by atoms with E-state index in [1.165, 1.54) is 9.80 Å². The maximum absolute atomic E-state index is 11.6. The first-order chi connectivity index (χ1) is 5.80.